The Morgan fingerprint density at radius 1 is 0.594 bits per heavy atom. The van der Waals surface area contributed by atoms with E-state index in [4.69, 9.17) is 0 Å². The Balaban J connectivity index is 1.01. The minimum Gasteiger partial charge on any atom is -0.349 e. The first-order valence-corrected chi connectivity index (χ1v) is 13.7. The molecule has 2 atom stereocenters. The van der Waals surface area contributed by atoms with E-state index in [9.17, 15) is 9.59 Å². The van der Waals surface area contributed by atoms with E-state index in [1.807, 2.05) is 7.05 Å². The lowest BCUT2D eigenvalue weighted by Gasteiger charge is -2.57. The first-order valence-electron chi connectivity index (χ1n) is 13.7. The molecule has 9 rings (SSSR count). The number of likely N-dealkylation sites (N-methyl/N-ethyl adjacent to an activating group) is 1. The van der Waals surface area contributed by atoms with E-state index in [0.717, 1.165) is 48.3 Å². The van der Waals surface area contributed by atoms with Gasteiger partial charge in [-0.05, 0) is 132 Å². The molecular weight excluding hydrogens is 398 g/mol. The molecule has 5 heteroatoms. The van der Waals surface area contributed by atoms with Crippen LogP contribution in [0.3, 0.4) is 0 Å². The number of carbonyl (C=O) groups excluding carboxylic acids is 2. The van der Waals surface area contributed by atoms with E-state index in [1.165, 1.54) is 77.0 Å². The molecule has 8 saturated carbocycles. The number of likely N-dealkylation sites (tertiary alicyclic amines) is 1. The molecule has 9 aliphatic rings. The zero-order chi connectivity index (χ0) is 21.7. The van der Waals surface area contributed by atoms with Gasteiger partial charge >= 0.3 is 0 Å². The van der Waals surface area contributed by atoms with Gasteiger partial charge in [0.15, 0.2) is 0 Å². The molecule has 2 unspecified atom stereocenters. The number of rotatable bonds is 4. The van der Waals surface area contributed by atoms with Gasteiger partial charge in [-0.15, -0.1) is 0 Å². The summed E-state index contributed by atoms with van der Waals surface area (Å²) in [6.45, 7) is 0. The van der Waals surface area contributed by atoms with Crippen LogP contribution in [0, 0.1) is 35.5 Å². The smallest absolute Gasteiger partial charge is 0.237 e. The van der Waals surface area contributed by atoms with Crippen LogP contribution >= 0.6 is 0 Å². The van der Waals surface area contributed by atoms with Crippen molar-refractivity contribution in [1.82, 2.24) is 15.5 Å². The van der Waals surface area contributed by atoms with Crippen LogP contribution in [0.1, 0.15) is 89.9 Å². The number of hydrogen-bond donors (Lipinski definition) is 2. The number of nitrogens with zero attached hydrogens (tertiary/aromatic N) is 1. The topological polar surface area (TPSA) is 61.4 Å². The predicted molar refractivity (Wildman–Crippen MR) is 123 cm³/mol. The summed E-state index contributed by atoms with van der Waals surface area (Å²) in [5.74, 6) is 5.40. The normalized spacial score (nSPS) is 53.0. The highest BCUT2D eigenvalue weighted by molar-refractivity contribution is 5.87. The number of nitrogens with one attached hydrogen (secondary N) is 2. The van der Waals surface area contributed by atoms with Crippen molar-refractivity contribution in [2.75, 3.05) is 7.05 Å². The van der Waals surface area contributed by atoms with Gasteiger partial charge in [0.05, 0.1) is 12.1 Å². The SMILES string of the molecule is CN1C(C(=O)NC23CC4CC(CC(C4)C2)C3)CCC1C(=O)NC12CC3CC(CC(C3)C1)C2. The molecule has 0 aromatic rings. The van der Waals surface area contributed by atoms with Crippen LogP contribution in [0.5, 0.6) is 0 Å². The van der Waals surface area contributed by atoms with E-state index >= 15 is 0 Å². The van der Waals surface area contributed by atoms with E-state index in [-0.39, 0.29) is 35.0 Å². The number of hydrogen-bond acceptors (Lipinski definition) is 3. The molecule has 9 fully saturated rings. The van der Waals surface area contributed by atoms with E-state index in [0.29, 0.717) is 0 Å². The van der Waals surface area contributed by atoms with Crippen LogP contribution in [0.25, 0.3) is 0 Å². The van der Waals surface area contributed by atoms with Crippen molar-refractivity contribution >= 4 is 11.8 Å². The van der Waals surface area contributed by atoms with Gasteiger partial charge in [-0.2, -0.15) is 0 Å². The summed E-state index contributed by atoms with van der Waals surface area (Å²) in [6, 6.07) is -0.287. The van der Waals surface area contributed by atoms with E-state index < -0.39 is 0 Å². The van der Waals surface area contributed by atoms with Gasteiger partial charge in [-0.25, -0.2) is 0 Å². The van der Waals surface area contributed by atoms with Gasteiger partial charge < -0.3 is 10.6 Å². The molecule has 0 radical (unpaired) electrons. The highest BCUT2D eigenvalue weighted by Gasteiger charge is 2.54. The lowest BCUT2D eigenvalue weighted by Crippen LogP contribution is -2.63. The molecule has 0 aromatic heterocycles. The van der Waals surface area contributed by atoms with Gasteiger partial charge in [0.1, 0.15) is 0 Å². The largest absolute Gasteiger partial charge is 0.349 e. The van der Waals surface area contributed by atoms with Gasteiger partial charge in [-0.1, -0.05) is 0 Å². The molecule has 1 aliphatic heterocycles. The Bertz CT molecular complexity index is 685. The molecular formula is C27H41N3O2. The van der Waals surface area contributed by atoms with E-state index in [2.05, 4.69) is 15.5 Å². The molecule has 0 aromatic carbocycles. The average molecular weight is 440 g/mol. The maximum absolute atomic E-state index is 13.4. The third-order valence-electron chi connectivity index (χ3n) is 11.2. The van der Waals surface area contributed by atoms with Gasteiger partial charge in [0, 0.05) is 11.1 Å². The van der Waals surface area contributed by atoms with Crippen LogP contribution in [0.15, 0.2) is 0 Å². The zero-order valence-electron chi connectivity index (χ0n) is 19.8. The molecule has 2 amide bonds. The Kier molecular flexibility index (Phi) is 4.41. The van der Waals surface area contributed by atoms with Gasteiger partial charge in [-0.3, -0.25) is 14.5 Å². The monoisotopic (exact) mass is 439 g/mol. The summed E-state index contributed by atoms with van der Waals surface area (Å²) in [4.78, 5) is 29.0. The number of carbonyl (C=O) groups is 2. The molecule has 1 saturated heterocycles. The fraction of sp³-hybridized carbons (Fsp3) is 0.926. The summed E-state index contributed by atoms with van der Waals surface area (Å²) in [7, 11) is 2.01. The fourth-order valence-electron chi connectivity index (χ4n) is 10.8. The molecule has 176 valence electrons. The molecule has 0 spiro atoms. The van der Waals surface area contributed by atoms with Crippen LogP contribution < -0.4 is 10.6 Å². The second-order valence-electron chi connectivity index (χ2n) is 13.6. The highest BCUT2D eigenvalue weighted by Crippen LogP contribution is 2.57. The van der Waals surface area contributed by atoms with Crippen LogP contribution in [0.2, 0.25) is 0 Å². The van der Waals surface area contributed by atoms with Crippen molar-refractivity contribution in [3.8, 4) is 0 Å². The first kappa shape index (κ1) is 20.3. The maximum atomic E-state index is 13.4. The maximum Gasteiger partial charge on any atom is 0.237 e. The highest BCUT2D eigenvalue weighted by atomic mass is 16.2. The summed E-state index contributed by atoms with van der Waals surface area (Å²) in [5.41, 5.74) is 0.123. The lowest BCUT2D eigenvalue weighted by atomic mass is 9.53. The lowest BCUT2D eigenvalue weighted by molar-refractivity contribution is -0.134. The third-order valence-corrected chi connectivity index (χ3v) is 11.2. The average Bonchev–Trinajstić information content (AvgIpc) is 3.06. The van der Waals surface area contributed by atoms with Crippen LogP contribution in [-0.4, -0.2) is 46.9 Å². The second-order valence-corrected chi connectivity index (χ2v) is 13.6. The van der Waals surface area contributed by atoms with Crippen LogP contribution in [0.4, 0.5) is 0 Å². The zero-order valence-corrected chi connectivity index (χ0v) is 19.8. The quantitative estimate of drug-likeness (QED) is 0.703. The summed E-state index contributed by atoms with van der Waals surface area (Å²) in [5, 5.41) is 7.14. The van der Waals surface area contributed by atoms with Crippen molar-refractivity contribution in [2.24, 2.45) is 35.5 Å². The molecule has 32 heavy (non-hydrogen) atoms. The molecule has 1 heterocycles. The van der Waals surface area contributed by atoms with Gasteiger partial charge in [0.2, 0.25) is 11.8 Å². The minimum atomic E-state index is -0.143. The predicted octanol–water partition coefficient (Wildman–Crippen LogP) is 3.62. The summed E-state index contributed by atoms with van der Waals surface area (Å²) >= 11 is 0. The Morgan fingerprint density at radius 2 is 0.875 bits per heavy atom. The Labute approximate surface area is 192 Å². The summed E-state index contributed by atoms with van der Waals surface area (Å²) < 4.78 is 0. The molecule has 5 nitrogen and oxygen atoms in total. The third kappa shape index (κ3) is 3.20. The van der Waals surface area contributed by atoms with Crippen molar-refractivity contribution < 1.29 is 9.59 Å². The van der Waals surface area contributed by atoms with Crippen molar-refractivity contribution in [3.05, 3.63) is 0 Å². The molecule has 8 aliphatic carbocycles. The Hall–Kier alpha value is -1.10. The van der Waals surface area contributed by atoms with Crippen molar-refractivity contribution in [3.63, 3.8) is 0 Å². The standard InChI is InChI=1S/C27H41N3O2/c1-30-22(24(31)28-26-10-16-4-17(11-26)6-18(5-16)12-26)2-3-23(30)25(32)29-27-13-19-7-20(14-27)9-21(8-19)15-27/h16-23H,2-15H2,1H3,(H,28,31)(H,29,32). The van der Waals surface area contributed by atoms with Crippen LogP contribution in [-0.2, 0) is 9.59 Å². The Morgan fingerprint density at radius 3 is 1.16 bits per heavy atom. The molecule has 2 N–H and O–H groups in total. The first-order chi connectivity index (χ1) is 15.4. The summed E-state index contributed by atoms with van der Waals surface area (Å²) in [6.07, 6.45) is 17.1. The number of amides is 2. The van der Waals surface area contributed by atoms with Gasteiger partial charge in [0.25, 0.3) is 0 Å². The van der Waals surface area contributed by atoms with Crippen molar-refractivity contribution in [2.45, 2.75) is 113 Å². The fourth-order valence-corrected chi connectivity index (χ4v) is 10.8. The minimum absolute atomic E-state index is 0.0617. The second kappa shape index (κ2) is 6.96. The molecule has 8 bridgehead atoms. The van der Waals surface area contributed by atoms with E-state index in [1.54, 1.807) is 0 Å². The van der Waals surface area contributed by atoms with Crippen molar-refractivity contribution in [1.29, 1.82) is 0 Å².